The average Bonchev–Trinajstić information content (AvgIpc) is 2.94. The molecule has 1 heterocycles. The van der Waals surface area contributed by atoms with Gasteiger partial charge in [-0.1, -0.05) is 18.2 Å². The maximum atomic E-state index is 14.1. The highest BCUT2D eigenvalue weighted by Gasteiger charge is 2.29. The number of sulfonamides is 1. The van der Waals surface area contributed by atoms with E-state index in [2.05, 4.69) is 0 Å². The van der Waals surface area contributed by atoms with Gasteiger partial charge in [0.25, 0.3) is 5.91 Å². The van der Waals surface area contributed by atoms with Crippen LogP contribution in [0.3, 0.4) is 0 Å². The molecule has 1 aliphatic rings. The van der Waals surface area contributed by atoms with Gasteiger partial charge < -0.3 is 10.5 Å². The Kier molecular flexibility index (Phi) is 6.58. The number of primary amides is 1. The van der Waals surface area contributed by atoms with E-state index in [0.717, 1.165) is 0 Å². The molecule has 150 valence electrons. The summed E-state index contributed by atoms with van der Waals surface area (Å²) >= 11 is 1.57. The quantitative estimate of drug-likeness (QED) is 0.770. The first-order chi connectivity index (χ1) is 13.4. The number of amides is 1. The molecule has 2 aromatic carbocycles. The molecule has 28 heavy (non-hydrogen) atoms. The fourth-order valence-electron chi connectivity index (χ4n) is 2.99. The van der Waals surface area contributed by atoms with Gasteiger partial charge in [-0.25, -0.2) is 12.8 Å². The second-order valence-electron chi connectivity index (χ2n) is 6.30. The van der Waals surface area contributed by atoms with Crippen molar-refractivity contribution in [3.63, 3.8) is 0 Å². The summed E-state index contributed by atoms with van der Waals surface area (Å²) in [5.74, 6) is 0.0766. The zero-order valence-electron chi connectivity index (χ0n) is 15.1. The van der Waals surface area contributed by atoms with E-state index in [9.17, 15) is 17.6 Å². The Morgan fingerprint density at radius 2 is 1.89 bits per heavy atom. The normalized spacial score (nSPS) is 18.4. The molecule has 1 fully saturated rings. The topological polar surface area (TPSA) is 89.7 Å². The van der Waals surface area contributed by atoms with E-state index in [0.29, 0.717) is 36.6 Å². The van der Waals surface area contributed by atoms with Crippen molar-refractivity contribution in [3.8, 4) is 5.75 Å². The van der Waals surface area contributed by atoms with E-state index < -0.39 is 15.9 Å². The number of carbonyl (C=O) groups excluding carboxylic acids is 1. The summed E-state index contributed by atoms with van der Waals surface area (Å²) in [6.45, 7) is 0.402. The SMILES string of the molecule is NC(=O)COc1ccc(S(=O)(=O)N2CCS[C@H](c3ccccc3F)CC2)cc1. The van der Waals surface area contributed by atoms with Crippen LogP contribution in [0.25, 0.3) is 0 Å². The monoisotopic (exact) mass is 424 g/mol. The largest absolute Gasteiger partial charge is 0.484 e. The third-order valence-electron chi connectivity index (χ3n) is 4.40. The van der Waals surface area contributed by atoms with Crippen molar-refractivity contribution in [1.82, 2.24) is 4.31 Å². The molecule has 0 spiro atoms. The molecular formula is C19H21FN2O4S2. The van der Waals surface area contributed by atoms with Crippen LogP contribution in [0.1, 0.15) is 17.2 Å². The highest BCUT2D eigenvalue weighted by atomic mass is 32.2. The summed E-state index contributed by atoms with van der Waals surface area (Å²) in [7, 11) is -3.67. The number of nitrogens with two attached hydrogens (primary N) is 1. The van der Waals surface area contributed by atoms with Crippen LogP contribution in [-0.4, -0.2) is 44.1 Å². The Labute approximate surface area is 167 Å². The lowest BCUT2D eigenvalue weighted by atomic mass is 10.1. The number of hydrogen-bond donors (Lipinski definition) is 1. The van der Waals surface area contributed by atoms with Crippen molar-refractivity contribution in [2.24, 2.45) is 5.73 Å². The molecular weight excluding hydrogens is 403 g/mol. The fraction of sp³-hybridized carbons (Fsp3) is 0.316. The third-order valence-corrected chi connectivity index (χ3v) is 7.62. The van der Waals surface area contributed by atoms with Gasteiger partial charge in [0.2, 0.25) is 10.0 Å². The molecule has 0 saturated carbocycles. The van der Waals surface area contributed by atoms with Crippen molar-refractivity contribution >= 4 is 27.7 Å². The molecule has 1 amide bonds. The predicted molar refractivity (Wildman–Crippen MR) is 106 cm³/mol. The molecule has 2 aromatic rings. The lowest BCUT2D eigenvalue weighted by Gasteiger charge is -2.20. The maximum absolute atomic E-state index is 14.1. The molecule has 9 heteroatoms. The molecule has 0 bridgehead atoms. The van der Waals surface area contributed by atoms with E-state index in [1.165, 1.54) is 34.6 Å². The minimum Gasteiger partial charge on any atom is -0.484 e. The lowest BCUT2D eigenvalue weighted by Crippen LogP contribution is -2.33. The molecule has 6 nitrogen and oxygen atoms in total. The summed E-state index contributed by atoms with van der Waals surface area (Å²) in [5.41, 5.74) is 5.64. The minimum absolute atomic E-state index is 0.0778. The lowest BCUT2D eigenvalue weighted by molar-refractivity contribution is -0.119. The predicted octanol–water partition coefficient (Wildman–Crippen LogP) is 2.56. The van der Waals surface area contributed by atoms with Gasteiger partial charge in [0, 0.05) is 29.7 Å². The molecule has 1 atom stereocenters. The van der Waals surface area contributed by atoms with Crippen molar-refractivity contribution in [2.75, 3.05) is 25.4 Å². The van der Waals surface area contributed by atoms with Gasteiger partial charge in [-0.05, 0) is 36.8 Å². The summed E-state index contributed by atoms with van der Waals surface area (Å²) in [4.78, 5) is 10.9. The number of thioether (sulfide) groups is 1. The zero-order valence-corrected chi connectivity index (χ0v) is 16.7. The van der Waals surface area contributed by atoms with Crippen LogP contribution in [-0.2, 0) is 14.8 Å². The van der Waals surface area contributed by atoms with Crippen LogP contribution in [0.5, 0.6) is 5.75 Å². The van der Waals surface area contributed by atoms with Crippen molar-refractivity contribution < 1.29 is 22.3 Å². The second kappa shape index (κ2) is 8.93. The number of benzene rings is 2. The molecule has 0 aliphatic carbocycles. The molecule has 0 aromatic heterocycles. The van der Waals surface area contributed by atoms with Crippen molar-refractivity contribution in [2.45, 2.75) is 16.6 Å². The number of halogens is 1. The Morgan fingerprint density at radius 3 is 2.57 bits per heavy atom. The standard InChI is InChI=1S/C19H21FN2O4S2/c20-17-4-2-1-3-16(17)18-9-10-22(11-12-27-18)28(24,25)15-7-5-14(6-8-15)26-13-19(21)23/h1-8,18H,9-13H2,(H2,21,23)/t18-/m0/s1. The first kappa shape index (κ1) is 20.6. The van der Waals surface area contributed by atoms with Gasteiger partial charge in [-0.2, -0.15) is 16.1 Å². The molecule has 1 aliphatic heterocycles. The van der Waals surface area contributed by atoms with Gasteiger partial charge >= 0.3 is 0 Å². The number of carbonyl (C=O) groups is 1. The van der Waals surface area contributed by atoms with Crippen LogP contribution < -0.4 is 10.5 Å². The first-order valence-corrected chi connectivity index (χ1v) is 11.2. The summed E-state index contributed by atoms with van der Waals surface area (Å²) in [5, 5.41) is -0.0778. The van der Waals surface area contributed by atoms with Gasteiger partial charge in [-0.15, -0.1) is 0 Å². The van der Waals surface area contributed by atoms with E-state index in [-0.39, 0.29) is 22.6 Å². The number of ether oxygens (including phenoxy) is 1. The van der Waals surface area contributed by atoms with E-state index in [1.807, 2.05) is 0 Å². The number of nitrogens with zero attached hydrogens (tertiary/aromatic N) is 1. The molecule has 3 rings (SSSR count). The number of hydrogen-bond acceptors (Lipinski definition) is 5. The molecule has 0 unspecified atom stereocenters. The Hall–Kier alpha value is -2.10. The highest BCUT2D eigenvalue weighted by molar-refractivity contribution is 7.99. The molecule has 1 saturated heterocycles. The van der Waals surface area contributed by atoms with Gasteiger partial charge in [0.15, 0.2) is 6.61 Å². The Morgan fingerprint density at radius 1 is 1.18 bits per heavy atom. The van der Waals surface area contributed by atoms with Crippen molar-refractivity contribution in [1.29, 1.82) is 0 Å². The molecule has 0 radical (unpaired) electrons. The highest BCUT2D eigenvalue weighted by Crippen LogP contribution is 2.36. The average molecular weight is 425 g/mol. The minimum atomic E-state index is -3.67. The fourth-order valence-corrected chi connectivity index (χ4v) is 5.81. The second-order valence-corrected chi connectivity index (χ2v) is 9.55. The van der Waals surface area contributed by atoms with Crippen LogP contribution in [0.4, 0.5) is 4.39 Å². The maximum Gasteiger partial charge on any atom is 0.255 e. The molecule has 2 N–H and O–H groups in total. The van der Waals surface area contributed by atoms with E-state index in [1.54, 1.807) is 30.0 Å². The van der Waals surface area contributed by atoms with E-state index in [4.69, 9.17) is 10.5 Å². The third kappa shape index (κ3) is 4.84. The zero-order chi connectivity index (χ0) is 20.1. The smallest absolute Gasteiger partial charge is 0.255 e. The van der Waals surface area contributed by atoms with Crippen LogP contribution in [0, 0.1) is 5.82 Å². The van der Waals surface area contributed by atoms with Crippen LogP contribution in [0.15, 0.2) is 53.4 Å². The summed E-state index contributed by atoms with van der Waals surface area (Å²) in [6.07, 6.45) is 0.532. The van der Waals surface area contributed by atoms with Crippen LogP contribution >= 0.6 is 11.8 Å². The van der Waals surface area contributed by atoms with Crippen LogP contribution in [0.2, 0.25) is 0 Å². The summed E-state index contributed by atoms with van der Waals surface area (Å²) in [6, 6.07) is 12.5. The number of rotatable bonds is 6. The Bertz CT molecular complexity index is 935. The van der Waals surface area contributed by atoms with Gasteiger partial charge in [-0.3, -0.25) is 4.79 Å². The van der Waals surface area contributed by atoms with Gasteiger partial charge in [0.05, 0.1) is 4.90 Å². The van der Waals surface area contributed by atoms with Gasteiger partial charge in [0.1, 0.15) is 11.6 Å². The Balaban J connectivity index is 1.70. The summed E-state index contributed by atoms with van der Waals surface area (Å²) < 4.78 is 46.6. The van der Waals surface area contributed by atoms with Crippen molar-refractivity contribution in [3.05, 3.63) is 59.9 Å². The first-order valence-electron chi connectivity index (χ1n) is 8.75. The van der Waals surface area contributed by atoms with E-state index >= 15 is 0 Å².